The molecule has 3 nitrogen and oxygen atoms in total. The van der Waals surface area contributed by atoms with Crippen LogP contribution in [0.5, 0.6) is 0 Å². The molecule has 0 amide bonds. The van der Waals surface area contributed by atoms with E-state index in [1.807, 2.05) is 30.3 Å². The van der Waals surface area contributed by atoms with Crippen LogP contribution in [-0.4, -0.2) is 30.9 Å². The van der Waals surface area contributed by atoms with Gasteiger partial charge in [-0.15, -0.1) is 0 Å². The van der Waals surface area contributed by atoms with Crippen molar-refractivity contribution in [2.75, 3.05) is 6.54 Å². The molecule has 0 saturated carbocycles. The van der Waals surface area contributed by atoms with Gasteiger partial charge >= 0.3 is 0 Å². The van der Waals surface area contributed by atoms with Gasteiger partial charge in [-0.05, 0) is 12.5 Å². The number of benzene rings is 1. The molecule has 2 rings (SSSR count). The first-order valence-corrected chi connectivity index (χ1v) is 10.1. The number of nitrogens with zero attached hydrogens (tertiary/aromatic N) is 2. The van der Waals surface area contributed by atoms with E-state index >= 15 is 0 Å². The highest BCUT2D eigenvalue weighted by Gasteiger charge is 2.32. The van der Waals surface area contributed by atoms with Crippen molar-refractivity contribution in [2.45, 2.75) is 38.9 Å². The molecule has 0 radical (unpaired) electrons. The van der Waals surface area contributed by atoms with Crippen LogP contribution in [0.4, 0.5) is 0 Å². The fourth-order valence-electron chi connectivity index (χ4n) is 2.48. The van der Waals surface area contributed by atoms with Crippen LogP contribution in [0.25, 0.3) is 0 Å². The zero-order valence-corrected chi connectivity index (χ0v) is 13.0. The van der Waals surface area contributed by atoms with Crippen molar-refractivity contribution < 1.29 is 4.79 Å². The maximum absolute atomic E-state index is 11.9. The molecule has 0 N–H and O–H groups in total. The van der Waals surface area contributed by atoms with Crippen molar-refractivity contribution in [1.29, 1.82) is 0 Å². The number of Topliss-reactive ketones (excluding diaryl/α,β-unsaturated/α-hetero) is 1. The summed E-state index contributed by atoms with van der Waals surface area (Å²) in [7, 11) is -1.47. The highest BCUT2D eigenvalue weighted by atomic mass is 28.3. The minimum absolute atomic E-state index is 0.0431. The molecular formula is C15H22N2OSi. The highest BCUT2D eigenvalue weighted by molar-refractivity contribution is 6.74. The van der Waals surface area contributed by atoms with Crippen molar-refractivity contribution in [3.8, 4) is 0 Å². The molecule has 1 aliphatic rings. The maximum atomic E-state index is 11.9. The van der Waals surface area contributed by atoms with Crippen molar-refractivity contribution in [2.24, 2.45) is 5.10 Å². The Labute approximate surface area is 116 Å². The van der Waals surface area contributed by atoms with Gasteiger partial charge in [-0.3, -0.25) is 4.79 Å². The Hall–Kier alpha value is -1.42. The zero-order valence-electron chi connectivity index (χ0n) is 12.0. The van der Waals surface area contributed by atoms with Gasteiger partial charge in [0.1, 0.15) is 5.71 Å². The number of hydrazone groups is 1. The Morgan fingerprint density at radius 1 is 1.21 bits per heavy atom. The lowest BCUT2D eigenvalue weighted by molar-refractivity contribution is -0.111. The van der Waals surface area contributed by atoms with Gasteiger partial charge in [-0.25, -0.2) is 0 Å². The van der Waals surface area contributed by atoms with E-state index in [0.717, 1.165) is 12.1 Å². The SMILES string of the molecule is CC(=O)C(=NN1CCCC[Si]1(C)C)c1ccccc1. The van der Waals surface area contributed by atoms with Gasteiger partial charge in [0.05, 0.1) is 0 Å². The summed E-state index contributed by atoms with van der Waals surface area (Å²) in [5.74, 6) is 0.0431. The summed E-state index contributed by atoms with van der Waals surface area (Å²) in [5, 5.41) is 4.72. The van der Waals surface area contributed by atoms with Gasteiger partial charge in [0, 0.05) is 19.0 Å². The lowest BCUT2D eigenvalue weighted by atomic mass is 10.1. The van der Waals surface area contributed by atoms with Crippen LogP contribution in [0.1, 0.15) is 25.3 Å². The van der Waals surface area contributed by atoms with Crippen molar-refractivity contribution in [3.05, 3.63) is 35.9 Å². The number of hydrogen-bond donors (Lipinski definition) is 0. The number of hydrogen-bond acceptors (Lipinski definition) is 3. The van der Waals surface area contributed by atoms with Crippen LogP contribution in [0, 0.1) is 0 Å². The Morgan fingerprint density at radius 2 is 1.89 bits per heavy atom. The monoisotopic (exact) mass is 274 g/mol. The van der Waals surface area contributed by atoms with E-state index in [1.165, 1.54) is 18.9 Å². The van der Waals surface area contributed by atoms with Crippen molar-refractivity contribution >= 4 is 19.7 Å². The molecular weight excluding hydrogens is 252 g/mol. The van der Waals surface area contributed by atoms with Gasteiger partial charge in [-0.2, -0.15) is 5.10 Å². The van der Waals surface area contributed by atoms with Gasteiger partial charge in [0.25, 0.3) is 0 Å². The van der Waals surface area contributed by atoms with Crippen LogP contribution in [0.3, 0.4) is 0 Å². The van der Waals surface area contributed by atoms with Crippen molar-refractivity contribution in [1.82, 2.24) is 4.67 Å². The lowest BCUT2D eigenvalue weighted by Crippen LogP contribution is -2.49. The maximum Gasteiger partial charge on any atom is 0.180 e. The quantitative estimate of drug-likeness (QED) is 0.626. The third-order valence-electron chi connectivity index (χ3n) is 3.71. The third-order valence-corrected chi connectivity index (χ3v) is 7.01. The number of rotatable bonds is 3. The average molecular weight is 274 g/mol. The molecule has 1 saturated heterocycles. The first kappa shape index (κ1) is 14.0. The second kappa shape index (κ2) is 5.69. The summed E-state index contributed by atoms with van der Waals surface area (Å²) in [6, 6.07) is 11.0. The summed E-state index contributed by atoms with van der Waals surface area (Å²) < 4.78 is 2.22. The molecule has 19 heavy (non-hydrogen) atoms. The lowest BCUT2D eigenvalue weighted by Gasteiger charge is -2.39. The van der Waals surface area contributed by atoms with Crippen LogP contribution in [-0.2, 0) is 4.79 Å². The molecule has 0 aromatic heterocycles. The van der Waals surface area contributed by atoms with E-state index in [0.29, 0.717) is 5.71 Å². The first-order valence-electron chi connectivity index (χ1n) is 6.93. The Balaban J connectivity index is 2.34. The van der Waals surface area contributed by atoms with Crippen LogP contribution in [0.15, 0.2) is 35.4 Å². The second-order valence-electron chi connectivity index (χ2n) is 5.76. The third kappa shape index (κ3) is 3.32. The molecule has 1 heterocycles. The van der Waals surface area contributed by atoms with Crippen LogP contribution < -0.4 is 0 Å². The molecule has 4 heteroatoms. The number of ketones is 1. The number of carbonyl (C=O) groups excluding carboxylic acids is 1. The van der Waals surface area contributed by atoms with Gasteiger partial charge in [-0.1, -0.05) is 49.8 Å². The van der Waals surface area contributed by atoms with Crippen LogP contribution in [0.2, 0.25) is 19.1 Å². The summed E-state index contributed by atoms with van der Waals surface area (Å²) >= 11 is 0. The molecule has 0 atom stereocenters. The van der Waals surface area contributed by atoms with Gasteiger partial charge in [0.2, 0.25) is 0 Å². The largest absolute Gasteiger partial charge is 0.324 e. The minimum atomic E-state index is -1.47. The van der Waals surface area contributed by atoms with E-state index in [4.69, 9.17) is 5.10 Å². The summed E-state index contributed by atoms with van der Waals surface area (Å²) in [5.41, 5.74) is 1.52. The molecule has 0 aliphatic carbocycles. The minimum Gasteiger partial charge on any atom is -0.324 e. The second-order valence-corrected chi connectivity index (χ2v) is 10.4. The molecule has 0 bridgehead atoms. The van der Waals surface area contributed by atoms with Crippen LogP contribution >= 0.6 is 0 Å². The predicted octanol–water partition coefficient (Wildman–Crippen LogP) is 3.28. The topological polar surface area (TPSA) is 32.7 Å². The predicted molar refractivity (Wildman–Crippen MR) is 81.9 cm³/mol. The van der Waals surface area contributed by atoms with Gasteiger partial charge < -0.3 is 4.67 Å². The molecule has 0 spiro atoms. The highest BCUT2D eigenvalue weighted by Crippen LogP contribution is 2.25. The number of carbonyl (C=O) groups is 1. The van der Waals surface area contributed by atoms with E-state index in [1.54, 1.807) is 6.92 Å². The Kier molecular flexibility index (Phi) is 4.19. The standard InChI is InChI=1S/C15H22N2OSi/c1-13(18)15(14-9-5-4-6-10-14)16-17-11-7-8-12-19(17,2)3/h4-6,9-10H,7-8,11-12H2,1-3H3. The summed E-state index contributed by atoms with van der Waals surface area (Å²) in [4.78, 5) is 11.9. The fourth-order valence-corrected chi connectivity index (χ4v) is 4.99. The normalized spacial score (nSPS) is 19.3. The first-order chi connectivity index (χ1) is 9.00. The smallest absolute Gasteiger partial charge is 0.180 e. The Morgan fingerprint density at radius 3 is 2.47 bits per heavy atom. The zero-order chi connectivity index (χ0) is 13.9. The van der Waals surface area contributed by atoms with Crippen molar-refractivity contribution in [3.63, 3.8) is 0 Å². The van der Waals surface area contributed by atoms with E-state index < -0.39 is 8.24 Å². The van der Waals surface area contributed by atoms with Gasteiger partial charge in [0.15, 0.2) is 14.0 Å². The summed E-state index contributed by atoms with van der Waals surface area (Å²) in [6.45, 7) is 7.25. The van der Waals surface area contributed by atoms with E-state index in [9.17, 15) is 4.79 Å². The summed E-state index contributed by atoms with van der Waals surface area (Å²) in [6.07, 6.45) is 2.48. The fraction of sp³-hybridized carbons (Fsp3) is 0.467. The van der Waals surface area contributed by atoms with E-state index in [-0.39, 0.29) is 5.78 Å². The molecule has 1 fully saturated rings. The molecule has 1 aliphatic heterocycles. The molecule has 0 unspecified atom stereocenters. The Bertz CT molecular complexity index is 482. The average Bonchev–Trinajstić information content (AvgIpc) is 2.37. The molecule has 1 aromatic rings. The molecule has 102 valence electrons. The van der Waals surface area contributed by atoms with E-state index in [2.05, 4.69) is 17.8 Å². The molecule has 1 aromatic carbocycles.